The first-order valence-corrected chi connectivity index (χ1v) is 8.84. The molecule has 2 heteroatoms. The van der Waals surface area contributed by atoms with Crippen LogP contribution >= 0.6 is 15.9 Å². The minimum absolute atomic E-state index is 0.932. The van der Waals surface area contributed by atoms with E-state index in [9.17, 15) is 0 Å². The summed E-state index contributed by atoms with van der Waals surface area (Å²) in [5.74, 6) is 0.936. The molecule has 1 heterocycles. The third-order valence-corrected chi connectivity index (χ3v) is 4.53. The van der Waals surface area contributed by atoms with E-state index in [1.54, 1.807) is 0 Å². The first-order valence-electron chi connectivity index (χ1n) is 8.04. The van der Waals surface area contributed by atoms with Crippen molar-refractivity contribution in [3.8, 4) is 11.3 Å². The molecular weight excluding hydrogens is 336 g/mol. The van der Waals surface area contributed by atoms with Gasteiger partial charge in [0.05, 0.1) is 0 Å². The van der Waals surface area contributed by atoms with Crippen LogP contribution < -0.4 is 0 Å². The number of unbranched alkanes of at least 4 members (excludes halogenated alkanes) is 3. The van der Waals surface area contributed by atoms with Crippen LogP contribution in [0.5, 0.6) is 0 Å². The lowest BCUT2D eigenvalue weighted by Crippen LogP contribution is -1.85. The number of benzene rings is 2. The van der Waals surface area contributed by atoms with Gasteiger partial charge in [-0.05, 0) is 42.7 Å². The van der Waals surface area contributed by atoms with E-state index in [1.165, 1.54) is 37.7 Å². The van der Waals surface area contributed by atoms with Gasteiger partial charge in [-0.1, -0.05) is 66.4 Å². The molecule has 0 aliphatic rings. The highest BCUT2D eigenvalue weighted by atomic mass is 79.9. The van der Waals surface area contributed by atoms with Crippen LogP contribution in [0.3, 0.4) is 0 Å². The largest absolute Gasteiger partial charge is 0.456 e. The van der Waals surface area contributed by atoms with Crippen LogP contribution in [0.25, 0.3) is 22.3 Å². The molecule has 0 radical (unpaired) electrons. The van der Waals surface area contributed by atoms with Crippen molar-refractivity contribution >= 4 is 26.9 Å². The second kappa shape index (κ2) is 7.15. The maximum atomic E-state index is 5.94. The van der Waals surface area contributed by atoms with Crippen molar-refractivity contribution in [2.75, 3.05) is 0 Å². The van der Waals surface area contributed by atoms with Crippen LogP contribution in [0, 0.1) is 0 Å². The molecule has 0 N–H and O–H groups in total. The predicted octanol–water partition coefficient (Wildman–Crippen LogP) is 6.99. The van der Waals surface area contributed by atoms with Gasteiger partial charge >= 0.3 is 0 Å². The molecule has 0 aliphatic heterocycles. The molecule has 22 heavy (non-hydrogen) atoms. The van der Waals surface area contributed by atoms with Crippen molar-refractivity contribution in [3.63, 3.8) is 0 Å². The second-order valence-electron chi connectivity index (χ2n) is 5.80. The Morgan fingerprint density at radius 2 is 1.73 bits per heavy atom. The number of fused-ring (bicyclic) bond motifs is 1. The second-order valence-corrected chi connectivity index (χ2v) is 6.72. The molecule has 0 unspecified atom stereocenters. The fourth-order valence-electron chi connectivity index (χ4n) is 2.75. The van der Waals surface area contributed by atoms with Gasteiger partial charge in [-0.3, -0.25) is 0 Å². The maximum Gasteiger partial charge on any atom is 0.135 e. The van der Waals surface area contributed by atoms with E-state index in [2.05, 4.69) is 59.3 Å². The molecular formula is C20H21BrO. The van der Waals surface area contributed by atoms with Gasteiger partial charge < -0.3 is 4.42 Å². The van der Waals surface area contributed by atoms with E-state index in [0.29, 0.717) is 0 Å². The SMILES string of the molecule is CCCCCCc1ccc(-c2cc3cc(Br)ccc3o2)cc1. The van der Waals surface area contributed by atoms with Crippen molar-refractivity contribution in [1.82, 2.24) is 0 Å². The monoisotopic (exact) mass is 356 g/mol. The summed E-state index contributed by atoms with van der Waals surface area (Å²) >= 11 is 3.50. The Labute approximate surface area is 140 Å². The zero-order chi connectivity index (χ0) is 15.4. The predicted molar refractivity (Wildman–Crippen MR) is 97.2 cm³/mol. The van der Waals surface area contributed by atoms with E-state index >= 15 is 0 Å². The standard InChI is InChI=1S/C20H21BrO/c1-2-3-4-5-6-15-7-9-16(10-8-15)20-14-17-13-18(21)11-12-19(17)22-20/h7-14H,2-6H2,1H3. The van der Waals surface area contributed by atoms with Crippen LogP contribution in [0.1, 0.15) is 38.2 Å². The molecule has 3 rings (SSSR count). The van der Waals surface area contributed by atoms with Gasteiger partial charge in [0.25, 0.3) is 0 Å². The molecule has 0 spiro atoms. The summed E-state index contributed by atoms with van der Waals surface area (Å²) < 4.78 is 7.02. The number of halogens is 1. The molecule has 114 valence electrons. The summed E-state index contributed by atoms with van der Waals surface area (Å²) in [5, 5.41) is 1.13. The summed E-state index contributed by atoms with van der Waals surface area (Å²) in [4.78, 5) is 0. The van der Waals surface area contributed by atoms with Crippen LogP contribution in [0.4, 0.5) is 0 Å². The summed E-state index contributed by atoms with van der Waals surface area (Å²) in [5.41, 5.74) is 3.49. The zero-order valence-corrected chi connectivity index (χ0v) is 14.5. The molecule has 2 aromatic carbocycles. The number of furan rings is 1. The Kier molecular flexibility index (Phi) is 4.99. The highest BCUT2D eigenvalue weighted by molar-refractivity contribution is 9.10. The average Bonchev–Trinajstić information content (AvgIpc) is 2.95. The Hall–Kier alpha value is -1.54. The minimum atomic E-state index is 0.932. The highest BCUT2D eigenvalue weighted by Gasteiger charge is 2.06. The quantitative estimate of drug-likeness (QED) is 0.434. The molecule has 0 aliphatic carbocycles. The van der Waals surface area contributed by atoms with Crippen molar-refractivity contribution in [2.45, 2.75) is 39.0 Å². The fraction of sp³-hybridized carbons (Fsp3) is 0.300. The molecule has 0 saturated heterocycles. The Bertz CT molecular complexity index is 740. The lowest BCUT2D eigenvalue weighted by molar-refractivity contribution is 0.631. The Morgan fingerprint density at radius 3 is 2.50 bits per heavy atom. The van der Waals surface area contributed by atoms with Gasteiger partial charge in [0.15, 0.2) is 0 Å². The molecule has 1 aromatic heterocycles. The van der Waals surface area contributed by atoms with Crippen LogP contribution in [-0.4, -0.2) is 0 Å². The van der Waals surface area contributed by atoms with Gasteiger partial charge in [0.2, 0.25) is 0 Å². The lowest BCUT2D eigenvalue weighted by atomic mass is 10.0. The smallest absolute Gasteiger partial charge is 0.135 e. The van der Waals surface area contributed by atoms with E-state index in [4.69, 9.17) is 4.42 Å². The minimum Gasteiger partial charge on any atom is -0.456 e. The van der Waals surface area contributed by atoms with E-state index in [-0.39, 0.29) is 0 Å². The van der Waals surface area contributed by atoms with Gasteiger partial charge in [0, 0.05) is 15.4 Å². The van der Waals surface area contributed by atoms with Gasteiger partial charge in [-0.2, -0.15) is 0 Å². The highest BCUT2D eigenvalue weighted by Crippen LogP contribution is 2.29. The topological polar surface area (TPSA) is 13.1 Å². The zero-order valence-electron chi connectivity index (χ0n) is 12.9. The van der Waals surface area contributed by atoms with Crippen LogP contribution in [0.2, 0.25) is 0 Å². The molecule has 0 fully saturated rings. The summed E-state index contributed by atoms with van der Waals surface area (Å²) in [6.07, 6.45) is 6.42. The van der Waals surface area contributed by atoms with Crippen LogP contribution in [-0.2, 0) is 6.42 Å². The van der Waals surface area contributed by atoms with Gasteiger partial charge in [0.1, 0.15) is 11.3 Å². The summed E-state index contributed by atoms with van der Waals surface area (Å²) in [6.45, 7) is 2.25. The Morgan fingerprint density at radius 1 is 0.909 bits per heavy atom. The summed E-state index contributed by atoms with van der Waals surface area (Å²) in [6, 6.07) is 17.0. The molecule has 0 bridgehead atoms. The fourth-order valence-corrected chi connectivity index (χ4v) is 3.13. The van der Waals surface area contributed by atoms with E-state index in [1.807, 2.05) is 12.1 Å². The van der Waals surface area contributed by atoms with E-state index in [0.717, 1.165) is 26.8 Å². The third-order valence-electron chi connectivity index (χ3n) is 4.04. The normalized spacial score (nSPS) is 11.2. The molecule has 0 atom stereocenters. The molecule has 0 amide bonds. The number of hydrogen-bond donors (Lipinski definition) is 0. The van der Waals surface area contributed by atoms with Crippen molar-refractivity contribution in [2.24, 2.45) is 0 Å². The molecule has 1 nitrogen and oxygen atoms in total. The Balaban J connectivity index is 1.73. The van der Waals surface area contributed by atoms with E-state index < -0.39 is 0 Å². The first kappa shape index (κ1) is 15.4. The number of rotatable bonds is 6. The van der Waals surface area contributed by atoms with Crippen molar-refractivity contribution in [3.05, 3.63) is 58.6 Å². The van der Waals surface area contributed by atoms with Crippen molar-refractivity contribution in [1.29, 1.82) is 0 Å². The lowest BCUT2D eigenvalue weighted by Gasteiger charge is -2.02. The third kappa shape index (κ3) is 3.61. The summed E-state index contributed by atoms with van der Waals surface area (Å²) in [7, 11) is 0. The number of hydrogen-bond acceptors (Lipinski definition) is 1. The van der Waals surface area contributed by atoms with Gasteiger partial charge in [-0.15, -0.1) is 0 Å². The van der Waals surface area contributed by atoms with Crippen molar-refractivity contribution < 1.29 is 4.42 Å². The van der Waals surface area contributed by atoms with Crippen LogP contribution in [0.15, 0.2) is 57.4 Å². The average molecular weight is 357 g/mol. The molecule has 3 aromatic rings. The molecule has 0 saturated carbocycles. The van der Waals surface area contributed by atoms with Gasteiger partial charge in [-0.25, -0.2) is 0 Å². The maximum absolute atomic E-state index is 5.94. The first-order chi connectivity index (χ1) is 10.8. The number of aryl methyl sites for hydroxylation is 1.